The average Bonchev–Trinajstić information content (AvgIpc) is 3.30. The summed E-state index contributed by atoms with van der Waals surface area (Å²) >= 11 is 0. The molecule has 0 aliphatic carbocycles. The molecule has 1 aromatic heterocycles. The molecule has 3 aromatic rings. The number of imidazole rings is 1. The number of ether oxygens (including phenoxy) is 2. The lowest BCUT2D eigenvalue weighted by Crippen LogP contribution is -2.50. The van der Waals surface area contributed by atoms with Gasteiger partial charge in [0.05, 0.1) is 23.2 Å². The largest absolute Gasteiger partial charge is 0.377 e. The third-order valence-corrected chi connectivity index (χ3v) is 7.42. The second-order valence-corrected chi connectivity index (χ2v) is 9.80. The van der Waals surface area contributed by atoms with Crippen LogP contribution < -0.4 is 0 Å². The molecule has 3 heterocycles. The van der Waals surface area contributed by atoms with E-state index in [-0.39, 0.29) is 11.5 Å². The van der Waals surface area contributed by atoms with E-state index in [1.54, 1.807) is 0 Å². The lowest BCUT2D eigenvalue weighted by molar-refractivity contribution is -0.148. The van der Waals surface area contributed by atoms with Gasteiger partial charge in [-0.2, -0.15) is 0 Å². The lowest BCUT2D eigenvalue weighted by atomic mass is 9.78. The first-order valence-corrected chi connectivity index (χ1v) is 12.7. The standard InChI is InChI=1S/C28H35N3O3/c32-27(11-10-26-29-24-8-4-5-9-25(24)30-26)31-16-14-28(15-17-31)20-22(13-19-34-28)12-18-33-21-23-6-2-1-3-7-23/h1-9,22H,10-21H2,(H,29,30). The van der Waals surface area contributed by atoms with Crippen molar-refractivity contribution in [2.75, 3.05) is 26.3 Å². The third kappa shape index (κ3) is 5.68. The van der Waals surface area contributed by atoms with Crippen LogP contribution in [0.1, 0.15) is 49.9 Å². The van der Waals surface area contributed by atoms with Gasteiger partial charge in [-0.15, -0.1) is 0 Å². The van der Waals surface area contributed by atoms with E-state index in [0.717, 1.165) is 75.3 Å². The third-order valence-electron chi connectivity index (χ3n) is 7.42. The van der Waals surface area contributed by atoms with Crippen molar-refractivity contribution >= 4 is 16.9 Å². The number of aromatic nitrogens is 2. The summed E-state index contributed by atoms with van der Waals surface area (Å²) < 4.78 is 12.2. The number of aromatic amines is 1. The molecule has 0 saturated carbocycles. The molecule has 180 valence electrons. The number of para-hydroxylation sites is 2. The molecule has 6 heteroatoms. The van der Waals surface area contributed by atoms with E-state index >= 15 is 0 Å². The van der Waals surface area contributed by atoms with Crippen LogP contribution in [-0.4, -0.2) is 52.7 Å². The normalized spacial score (nSPS) is 20.1. The first-order valence-electron chi connectivity index (χ1n) is 12.7. The first-order chi connectivity index (χ1) is 16.7. The van der Waals surface area contributed by atoms with Crippen molar-refractivity contribution in [3.8, 4) is 0 Å². The van der Waals surface area contributed by atoms with Crippen molar-refractivity contribution in [3.63, 3.8) is 0 Å². The molecule has 1 spiro atoms. The van der Waals surface area contributed by atoms with Gasteiger partial charge in [0.15, 0.2) is 0 Å². The number of amides is 1. The number of rotatable bonds is 8. The zero-order valence-corrected chi connectivity index (χ0v) is 19.9. The number of nitrogens with one attached hydrogen (secondary N) is 1. The van der Waals surface area contributed by atoms with Crippen LogP contribution in [-0.2, 0) is 27.3 Å². The van der Waals surface area contributed by atoms with Crippen LogP contribution in [0.15, 0.2) is 54.6 Å². The summed E-state index contributed by atoms with van der Waals surface area (Å²) in [6.45, 7) is 3.87. The van der Waals surface area contributed by atoms with Crippen LogP contribution in [0.25, 0.3) is 11.0 Å². The Bertz CT molecular complexity index is 1040. The highest BCUT2D eigenvalue weighted by Gasteiger charge is 2.40. The number of hydrogen-bond acceptors (Lipinski definition) is 4. The molecular formula is C28H35N3O3. The minimum absolute atomic E-state index is 0.0577. The number of carbonyl (C=O) groups excluding carboxylic acids is 1. The molecule has 1 N–H and O–H groups in total. The van der Waals surface area contributed by atoms with Gasteiger partial charge in [-0.3, -0.25) is 4.79 Å². The molecule has 2 aromatic carbocycles. The van der Waals surface area contributed by atoms with Gasteiger partial charge in [-0.05, 0) is 55.7 Å². The molecule has 2 saturated heterocycles. The van der Waals surface area contributed by atoms with Crippen molar-refractivity contribution in [2.45, 2.75) is 57.2 Å². The van der Waals surface area contributed by atoms with Crippen LogP contribution in [0.2, 0.25) is 0 Å². The van der Waals surface area contributed by atoms with Gasteiger partial charge in [0, 0.05) is 39.1 Å². The molecule has 1 amide bonds. The Labute approximate surface area is 201 Å². The van der Waals surface area contributed by atoms with E-state index in [9.17, 15) is 4.79 Å². The van der Waals surface area contributed by atoms with Crippen molar-refractivity contribution in [1.82, 2.24) is 14.9 Å². The van der Waals surface area contributed by atoms with Crippen LogP contribution in [0, 0.1) is 5.92 Å². The summed E-state index contributed by atoms with van der Waals surface area (Å²) in [5.74, 6) is 1.74. The van der Waals surface area contributed by atoms with Gasteiger partial charge in [-0.25, -0.2) is 4.98 Å². The van der Waals surface area contributed by atoms with E-state index < -0.39 is 0 Å². The predicted molar refractivity (Wildman–Crippen MR) is 132 cm³/mol. The Hall–Kier alpha value is -2.70. The Morgan fingerprint density at radius 1 is 1.12 bits per heavy atom. The number of piperidine rings is 1. The summed E-state index contributed by atoms with van der Waals surface area (Å²) in [4.78, 5) is 22.8. The fourth-order valence-electron chi connectivity index (χ4n) is 5.41. The Morgan fingerprint density at radius 2 is 1.91 bits per heavy atom. The molecule has 0 bridgehead atoms. The highest BCUT2D eigenvalue weighted by atomic mass is 16.5. The summed E-state index contributed by atoms with van der Waals surface area (Å²) in [7, 11) is 0. The highest BCUT2D eigenvalue weighted by molar-refractivity contribution is 5.77. The summed E-state index contributed by atoms with van der Waals surface area (Å²) in [6, 6.07) is 18.3. The fraction of sp³-hybridized carbons (Fsp3) is 0.500. The number of likely N-dealkylation sites (tertiary alicyclic amines) is 1. The predicted octanol–water partition coefficient (Wildman–Crippen LogP) is 4.89. The number of nitrogens with zero attached hydrogens (tertiary/aromatic N) is 2. The van der Waals surface area contributed by atoms with Gasteiger partial charge >= 0.3 is 0 Å². The quantitative estimate of drug-likeness (QED) is 0.485. The number of hydrogen-bond donors (Lipinski definition) is 1. The number of H-pyrrole nitrogens is 1. The maximum Gasteiger partial charge on any atom is 0.223 e. The van der Waals surface area contributed by atoms with Gasteiger partial charge < -0.3 is 19.4 Å². The molecule has 0 radical (unpaired) electrons. The number of benzene rings is 2. The SMILES string of the molecule is O=C(CCc1nc2ccccc2[nH]1)N1CCC2(CC1)CC(CCOCc1ccccc1)CCO2. The monoisotopic (exact) mass is 461 g/mol. The van der Waals surface area contributed by atoms with Crippen LogP contribution in [0.3, 0.4) is 0 Å². The zero-order chi connectivity index (χ0) is 23.2. The number of fused-ring (bicyclic) bond motifs is 1. The maximum absolute atomic E-state index is 12.8. The van der Waals surface area contributed by atoms with Crippen LogP contribution in [0.4, 0.5) is 0 Å². The van der Waals surface area contributed by atoms with Gasteiger partial charge in [0.25, 0.3) is 0 Å². The second kappa shape index (κ2) is 10.7. The van der Waals surface area contributed by atoms with Crippen molar-refractivity contribution in [2.24, 2.45) is 5.92 Å². The van der Waals surface area contributed by atoms with Gasteiger partial charge in [0.1, 0.15) is 5.82 Å². The van der Waals surface area contributed by atoms with E-state index in [4.69, 9.17) is 9.47 Å². The molecule has 5 rings (SSSR count). The maximum atomic E-state index is 12.8. The fourth-order valence-corrected chi connectivity index (χ4v) is 5.41. The minimum Gasteiger partial charge on any atom is -0.377 e. The lowest BCUT2D eigenvalue weighted by Gasteiger charge is -2.46. The minimum atomic E-state index is -0.0577. The summed E-state index contributed by atoms with van der Waals surface area (Å²) in [6.07, 6.45) is 6.29. The molecule has 6 nitrogen and oxygen atoms in total. The van der Waals surface area contributed by atoms with Crippen molar-refractivity contribution < 1.29 is 14.3 Å². The number of aryl methyl sites for hydroxylation is 1. The Morgan fingerprint density at radius 3 is 2.74 bits per heavy atom. The van der Waals surface area contributed by atoms with Crippen LogP contribution >= 0.6 is 0 Å². The smallest absolute Gasteiger partial charge is 0.223 e. The molecule has 2 fully saturated rings. The molecule has 2 aliphatic rings. The van der Waals surface area contributed by atoms with Gasteiger partial charge in [0.2, 0.25) is 5.91 Å². The Balaban J connectivity index is 1.04. The van der Waals surface area contributed by atoms with Crippen LogP contribution in [0.5, 0.6) is 0 Å². The van der Waals surface area contributed by atoms with E-state index in [2.05, 4.69) is 34.2 Å². The zero-order valence-electron chi connectivity index (χ0n) is 19.9. The number of carbonyl (C=O) groups is 1. The Kier molecular flexibility index (Phi) is 7.26. The van der Waals surface area contributed by atoms with Gasteiger partial charge in [-0.1, -0.05) is 42.5 Å². The van der Waals surface area contributed by atoms with Crippen molar-refractivity contribution in [3.05, 3.63) is 66.0 Å². The second-order valence-electron chi connectivity index (χ2n) is 9.80. The molecule has 1 unspecified atom stereocenters. The molecule has 2 aliphatic heterocycles. The van der Waals surface area contributed by atoms with E-state index in [1.165, 1.54) is 5.56 Å². The summed E-state index contributed by atoms with van der Waals surface area (Å²) in [5.41, 5.74) is 3.15. The van der Waals surface area contributed by atoms with E-state index in [0.29, 0.717) is 25.4 Å². The first kappa shape index (κ1) is 23.1. The molecule has 34 heavy (non-hydrogen) atoms. The highest BCUT2D eigenvalue weighted by Crippen LogP contribution is 2.39. The van der Waals surface area contributed by atoms with E-state index in [1.807, 2.05) is 35.2 Å². The summed E-state index contributed by atoms with van der Waals surface area (Å²) in [5, 5.41) is 0. The molecule has 1 atom stereocenters. The molecular weight excluding hydrogens is 426 g/mol. The van der Waals surface area contributed by atoms with Crippen molar-refractivity contribution in [1.29, 1.82) is 0 Å². The average molecular weight is 462 g/mol. The topological polar surface area (TPSA) is 67.5 Å².